The lowest BCUT2D eigenvalue weighted by Crippen LogP contribution is -2.47. The summed E-state index contributed by atoms with van der Waals surface area (Å²) in [5.74, 6) is 0.472. The molecule has 1 aliphatic rings. The maximum atomic E-state index is 10.4. The van der Waals surface area contributed by atoms with E-state index in [2.05, 4.69) is 25.9 Å². The molecule has 1 aromatic heterocycles. The van der Waals surface area contributed by atoms with Gasteiger partial charge < -0.3 is 9.84 Å². The van der Waals surface area contributed by atoms with Crippen molar-refractivity contribution in [3.8, 4) is 0 Å². The Morgan fingerprint density at radius 2 is 1.85 bits per heavy atom. The molecule has 104 valence electrons. The smallest absolute Gasteiger partial charge is 0.160 e. The van der Waals surface area contributed by atoms with Gasteiger partial charge in [-0.3, -0.25) is 0 Å². The third-order valence-corrected chi connectivity index (χ3v) is 3.91. The van der Waals surface area contributed by atoms with Gasteiger partial charge in [0, 0.05) is 25.2 Å². The first kappa shape index (κ1) is 13.7. The molecule has 0 bridgehead atoms. The maximum Gasteiger partial charge on any atom is 0.160 e. The number of aromatic nitrogens is 2. The first-order valence-corrected chi connectivity index (χ1v) is 7.31. The molecule has 1 saturated carbocycles. The van der Waals surface area contributed by atoms with E-state index in [1.807, 2.05) is 30.3 Å². The van der Waals surface area contributed by atoms with Gasteiger partial charge in [0.2, 0.25) is 0 Å². The third kappa shape index (κ3) is 2.90. The number of ether oxygens (including phenoxy) is 1. The van der Waals surface area contributed by atoms with Crippen molar-refractivity contribution in [1.29, 1.82) is 0 Å². The molecule has 1 aliphatic carbocycles. The molecule has 0 radical (unpaired) electrons. The van der Waals surface area contributed by atoms with E-state index in [1.54, 1.807) is 12.4 Å². The average molecular weight is 335 g/mol. The highest BCUT2D eigenvalue weighted by Crippen LogP contribution is 2.41. The molecule has 0 unspecified atom stereocenters. The van der Waals surface area contributed by atoms with Crippen LogP contribution in [0.5, 0.6) is 0 Å². The predicted octanol–water partition coefficient (Wildman–Crippen LogP) is 2.81. The van der Waals surface area contributed by atoms with Crippen LogP contribution in [0.4, 0.5) is 0 Å². The van der Waals surface area contributed by atoms with Gasteiger partial charge in [-0.2, -0.15) is 0 Å². The van der Waals surface area contributed by atoms with Crippen molar-refractivity contribution in [2.24, 2.45) is 0 Å². The predicted molar refractivity (Wildman–Crippen MR) is 77.9 cm³/mol. The molecule has 5 heteroatoms. The summed E-state index contributed by atoms with van der Waals surface area (Å²) in [5, 5.41) is 10.4. The summed E-state index contributed by atoms with van der Waals surface area (Å²) in [6.07, 6.45) is 4.45. The van der Waals surface area contributed by atoms with E-state index in [4.69, 9.17) is 4.74 Å². The molecule has 0 aliphatic heterocycles. The molecule has 3 rings (SSSR count). The van der Waals surface area contributed by atoms with E-state index in [0.29, 0.717) is 25.3 Å². The Bertz CT molecular complexity index is 568. The summed E-state index contributed by atoms with van der Waals surface area (Å²) in [7, 11) is 0. The van der Waals surface area contributed by atoms with Gasteiger partial charge in [0.25, 0.3) is 0 Å². The fourth-order valence-corrected chi connectivity index (χ4v) is 2.54. The standard InChI is InChI=1S/C15H15BrN2O2/c16-12-8-17-14(18-9-12)15(19)6-13(7-15)20-10-11-4-2-1-3-5-11/h1-5,8-9,13,19H,6-7,10H2. The molecular formula is C15H15BrN2O2. The second-order valence-corrected chi connectivity index (χ2v) is 6.00. The summed E-state index contributed by atoms with van der Waals surface area (Å²) >= 11 is 3.28. The number of aliphatic hydroxyl groups is 1. The number of hydrogen-bond donors (Lipinski definition) is 1. The Labute approximate surface area is 126 Å². The number of hydrogen-bond acceptors (Lipinski definition) is 4. The Kier molecular flexibility index (Phi) is 3.83. The second-order valence-electron chi connectivity index (χ2n) is 5.08. The molecule has 1 N–H and O–H groups in total. The third-order valence-electron chi connectivity index (χ3n) is 3.50. The molecular weight excluding hydrogens is 320 g/mol. The number of benzene rings is 1. The molecule has 1 fully saturated rings. The van der Waals surface area contributed by atoms with E-state index >= 15 is 0 Å². The molecule has 0 atom stereocenters. The second kappa shape index (κ2) is 5.60. The zero-order chi connectivity index (χ0) is 14.0. The van der Waals surface area contributed by atoms with Crippen LogP contribution in [0.3, 0.4) is 0 Å². The van der Waals surface area contributed by atoms with Crippen LogP contribution >= 0.6 is 15.9 Å². The molecule has 4 nitrogen and oxygen atoms in total. The SMILES string of the molecule is OC1(c2ncc(Br)cn2)CC(OCc2ccccc2)C1. The van der Waals surface area contributed by atoms with Crippen LogP contribution in [0.15, 0.2) is 47.2 Å². The molecule has 0 saturated heterocycles. The number of rotatable bonds is 4. The maximum absolute atomic E-state index is 10.4. The Morgan fingerprint density at radius 1 is 1.20 bits per heavy atom. The minimum atomic E-state index is -0.942. The highest BCUT2D eigenvalue weighted by molar-refractivity contribution is 9.10. The first-order valence-electron chi connectivity index (χ1n) is 6.52. The van der Waals surface area contributed by atoms with Crippen LogP contribution in [0.1, 0.15) is 24.2 Å². The highest BCUT2D eigenvalue weighted by Gasteiger charge is 2.47. The molecule has 1 aromatic carbocycles. The van der Waals surface area contributed by atoms with Crippen molar-refractivity contribution < 1.29 is 9.84 Å². The van der Waals surface area contributed by atoms with Crippen LogP contribution in [0.2, 0.25) is 0 Å². The van der Waals surface area contributed by atoms with Crippen molar-refractivity contribution in [3.63, 3.8) is 0 Å². The van der Waals surface area contributed by atoms with Crippen LogP contribution < -0.4 is 0 Å². The first-order chi connectivity index (χ1) is 9.66. The quantitative estimate of drug-likeness (QED) is 0.934. The summed E-state index contributed by atoms with van der Waals surface area (Å²) in [5.41, 5.74) is 0.199. The van der Waals surface area contributed by atoms with Crippen LogP contribution in [-0.2, 0) is 16.9 Å². The zero-order valence-corrected chi connectivity index (χ0v) is 12.5. The van der Waals surface area contributed by atoms with E-state index < -0.39 is 5.60 Å². The molecule has 20 heavy (non-hydrogen) atoms. The molecule has 0 spiro atoms. The summed E-state index contributed by atoms with van der Waals surface area (Å²) in [4.78, 5) is 8.32. The molecule has 0 amide bonds. The lowest BCUT2D eigenvalue weighted by molar-refractivity contribution is -0.153. The van der Waals surface area contributed by atoms with Crippen molar-refractivity contribution in [3.05, 3.63) is 58.6 Å². The van der Waals surface area contributed by atoms with Gasteiger partial charge in [-0.15, -0.1) is 0 Å². The van der Waals surface area contributed by atoms with Gasteiger partial charge >= 0.3 is 0 Å². The van der Waals surface area contributed by atoms with Gasteiger partial charge in [-0.25, -0.2) is 9.97 Å². The fraction of sp³-hybridized carbons (Fsp3) is 0.333. The lowest BCUT2D eigenvalue weighted by Gasteiger charge is -2.41. The molecule has 1 heterocycles. The van der Waals surface area contributed by atoms with Crippen LogP contribution in [0, 0.1) is 0 Å². The van der Waals surface area contributed by atoms with Crippen molar-refractivity contribution in [2.75, 3.05) is 0 Å². The lowest BCUT2D eigenvalue weighted by atomic mass is 9.76. The van der Waals surface area contributed by atoms with Crippen molar-refractivity contribution in [2.45, 2.75) is 31.2 Å². The van der Waals surface area contributed by atoms with Gasteiger partial charge in [-0.05, 0) is 21.5 Å². The minimum Gasteiger partial charge on any atom is -0.382 e. The number of nitrogens with zero attached hydrogens (tertiary/aromatic N) is 2. The van der Waals surface area contributed by atoms with E-state index in [1.165, 1.54) is 0 Å². The summed E-state index contributed by atoms with van der Waals surface area (Å²) in [6, 6.07) is 10.0. The van der Waals surface area contributed by atoms with Crippen molar-refractivity contribution >= 4 is 15.9 Å². The largest absolute Gasteiger partial charge is 0.382 e. The minimum absolute atomic E-state index is 0.0625. The van der Waals surface area contributed by atoms with Gasteiger partial charge in [-0.1, -0.05) is 30.3 Å². The van der Waals surface area contributed by atoms with Gasteiger partial charge in [0.15, 0.2) is 5.82 Å². The normalized spacial score (nSPS) is 25.2. The highest BCUT2D eigenvalue weighted by atomic mass is 79.9. The molecule has 2 aromatic rings. The zero-order valence-electron chi connectivity index (χ0n) is 10.9. The average Bonchev–Trinajstić information content (AvgIpc) is 2.44. The summed E-state index contributed by atoms with van der Waals surface area (Å²) in [6.45, 7) is 0.572. The summed E-state index contributed by atoms with van der Waals surface area (Å²) < 4.78 is 6.59. The van der Waals surface area contributed by atoms with Crippen molar-refractivity contribution in [1.82, 2.24) is 9.97 Å². The van der Waals surface area contributed by atoms with E-state index in [9.17, 15) is 5.11 Å². The van der Waals surface area contributed by atoms with E-state index in [0.717, 1.165) is 10.0 Å². The monoisotopic (exact) mass is 334 g/mol. The Morgan fingerprint density at radius 3 is 2.50 bits per heavy atom. The number of halogens is 1. The Hall–Kier alpha value is -1.30. The van der Waals surface area contributed by atoms with Gasteiger partial charge in [0.1, 0.15) is 5.60 Å². The fourth-order valence-electron chi connectivity index (χ4n) is 2.33. The van der Waals surface area contributed by atoms with Crippen LogP contribution in [-0.4, -0.2) is 21.2 Å². The van der Waals surface area contributed by atoms with E-state index in [-0.39, 0.29) is 6.10 Å². The topological polar surface area (TPSA) is 55.2 Å². The van der Waals surface area contributed by atoms with Gasteiger partial charge in [0.05, 0.1) is 17.2 Å². The van der Waals surface area contributed by atoms with Crippen LogP contribution in [0.25, 0.3) is 0 Å². The Balaban J connectivity index is 1.54.